The number of hydrogen-bond acceptors (Lipinski definition) is 7. The largest absolute Gasteiger partial charge is 0.379 e. The topological polar surface area (TPSA) is 82.3 Å². The van der Waals surface area contributed by atoms with Crippen molar-refractivity contribution in [2.75, 3.05) is 18.5 Å². The van der Waals surface area contributed by atoms with Crippen LogP contribution in [0.5, 0.6) is 0 Å². The number of hydrogen-bond donors (Lipinski definition) is 1. The monoisotopic (exact) mass is 354 g/mol. The van der Waals surface area contributed by atoms with E-state index >= 15 is 0 Å². The molecule has 4 rings (SSSR count). The van der Waals surface area contributed by atoms with Crippen LogP contribution in [0.2, 0.25) is 0 Å². The van der Waals surface area contributed by atoms with Gasteiger partial charge in [0.05, 0.1) is 48.3 Å². The molecule has 7 nitrogen and oxygen atoms in total. The van der Waals surface area contributed by atoms with Crippen LogP contribution in [0, 0.1) is 13.8 Å². The molecule has 0 spiro atoms. The molecular formula is C19H22N4O3. The van der Waals surface area contributed by atoms with E-state index in [0.29, 0.717) is 19.8 Å². The Kier molecular flexibility index (Phi) is 4.81. The third kappa shape index (κ3) is 3.54. The lowest BCUT2D eigenvalue weighted by Gasteiger charge is -2.32. The number of aryl methyl sites for hydroxylation is 2. The molecule has 0 saturated carbocycles. The summed E-state index contributed by atoms with van der Waals surface area (Å²) in [6, 6.07) is 7.83. The van der Waals surface area contributed by atoms with E-state index in [2.05, 4.69) is 20.4 Å². The predicted molar refractivity (Wildman–Crippen MR) is 96.9 cm³/mol. The van der Waals surface area contributed by atoms with Gasteiger partial charge in [-0.2, -0.15) is 0 Å². The zero-order chi connectivity index (χ0) is 17.9. The van der Waals surface area contributed by atoms with E-state index in [0.717, 1.165) is 40.3 Å². The standard InChI is InChI=1S/C19H22N4O3/c1-12-14(13(2)26-23-12)10-25-18-7-8-24-11-17(18)22-19-9-20-15-5-3-4-6-16(15)21-19/h3-6,9,17-18H,7-8,10-11H2,1-2H3,(H,21,22)/t17-,18+/m1/s1. The summed E-state index contributed by atoms with van der Waals surface area (Å²) in [5, 5.41) is 7.40. The molecule has 0 radical (unpaired) electrons. The maximum Gasteiger partial charge on any atom is 0.145 e. The summed E-state index contributed by atoms with van der Waals surface area (Å²) in [7, 11) is 0. The number of nitrogens with one attached hydrogen (secondary N) is 1. The fourth-order valence-corrected chi connectivity index (χ4v) is 3.17. The maximum atomic E-state index is 6.17. The van der Waals surface area contributed by atoms with Crippen LogP contribution in [0.4, 0.5) is 5.82 Å². The molecule has 1 aromatic carbocycles. The molecule has 0 bridgehead atoms. The van der Waals surface area contributed by atoms with Crippen LogP contribution in [-0.2, 0) is 16.1 Å². The van der Waals surface area contributed by atoms with Crippen LogP contribution in [-0.4, -0.2) is 40.5 Å². The molecule has 0 aliphatic carbocycles. The Balaban J connectivity index is 1.46. The Labute approximate surface area is 151 Å². The van der Waals surface area contributed by atoms with Gasteiger partial charge in [0.25, 0.3) is 0 Å². The van der Waals surface area contributed by atoms with E-state index in [-0.39, 0.29) is 12.1 Å². The molecular weight excluding hydrogens is 332 g/mol. The second-order valence-electron chi connectivity index (χ2n) is 6.51. The molecule has 1 saturated heterocycles. The van der Waals surface area contributed by atoms with E-state index in [9.17, 15) is 0 Å². The quantitative estimate of drug-likeness (QED) is 0.754. The number of aromatic nitrogens is 3. The molecule has 1 aliphatic rings. The minimum atomic E-state index is 0.0136. The molecule has 2 aromatic heterocycles. The molecule has 136 valence electrons. The predicted octanol–water partition coefficient (Wildman–Crippen LogP) is 3.02. The fraction of sp³-hybridized carbons (Fsp3) is 0.421. The van der Waals surface area contributed by atoms with Crippen LogP contribution in [0.15, 0.2) is 35.0 Å². The van der Waals surface area contributed by atoms with Gasteiger partial charge in [-0.25, -0.2) is 4.98 Å². The Bertz CT molecular complexity index is 876. The molecule has 1 aliphatic heterocycles. The highest BCUT2D eigenvalue weighted by atomic mass is 16.5. The van der Waals surface area contributed by atoms with Crippen LogP contribution >= 0.6 is 0 Å². The van der Waals surface area contributed by atoms with Crippen molar-refractivity contribution in [1.29, 1.82) is 0 Å². The molecule has 26 heavy (non-hydrogen) atoms. The second kappa shape index (κ2) is 7.39. The fourth-order valence-electron chi connectivity index (χ4n) is 3.17. The molecule has 0 unspecified atom stereocenters. The zero-order valence-corrected chi connectivity index (χ0v) is 14.9. The summed E-state index contributed by atoms with van der Waals surface area (Å²) in [6.45, 7) is 5.57. The van der Waals surface area contributed by atoms with E-state index in [1.54, 1.807) is 6.20 Å². The Morgan fingerprint density at radius 1 is 1.23 bits per heavy atom. The van der Waals surface area contributed by atoms with Crippen molar-refractivity contribution in [2.24, 2.45) is 0 Å². The van der Waals surface area contributed by atoms with Gasteiger partial charge in [0.2, 0.25) is 0 Å². The Morgan fingerprint density at radius 3 is 2.88 bits per heavy atom. The first-order valence-electron chi connectivity index (χ1n) is 8.80. The van der Waals surface area contributed by atoms with Gasteiger partial charge in [-0.3, -0.25) is 4.98 Å². The number of para-hydroxylation sites is 2. The third-order valence-corrected chi connectivity index (χ3v) is 4.70. The highest BCUT2D eigenvalue weighted by molar-refractivity contribution is 5.75. The van der Waals surface area contributed by atoms with Crippen molar-refractivity contribution in [1.82, 2.24) is 15.1 Å². The minimum absolute atomic E-state index is 0.0136. The van der Waals surface area contributed by atoms with Crippen molar-refractivity contribution in [3.8, 4) is 0 Å². The lowest BCUT2D eigenvalue weighted by atomic mass is 10.1. The summed E-state index contributed by atoms with van der Waals surface area (Å²) in [5.74, 6) is 1.53. The molecule has 0 amide bonds. The number of anilines is 1. The minimum Gasteiger partial charge on any atom is -0.379 e. The first-order valence-corrected chi connectivity index (χ1v) is 8.80. The third-order valence-electron chi connectivity index (χ3n) is 4.70. The van der Waals surface area contributed by atoms with E-state index < -0.39 is 0 Å². The van der Waals surface area contributed by atoms with Crippen LogP contribution in [0.3, 0.4) is 0 Å². The van der Waals surface area contributed by atoms with E-state index in [4.69, 9.17) is 14.0 Å². The van der Waals surface area contributed by atoms with Crippen LogP contribution < -0.4 is 5.32 Å². The molecule has 2 atom stereocenters. The highest BCUT2D eigenvalue weighted by Gasteiger charge is 2.27. The molecule has 1 fully saturated rings. The number of ether oxygens (including phenoxy) is 2. The zero-order valence-electron chi connectivity index (χ0n) is 14.9. The van der Waals surface area contributed by atoms with Gasteiger partial charge in [0, 0.05) is 12.2 Å². The van der Waals surface area contributed by atoms with Gasteiger partial charge in [-0.15, -0.1) is 0 Å². The summed E-state index contributed by atoms with van der Waals surface area (Å²) < 4.78 is 17.0. The summed E-state index contributed by atoms with van der Waals surface area (Å²) >= 11 is 0. The van der Waals surface area contributed by atoms with Gasteiger partial charge in [0.15, 0.2) is 0 Å². The van der Waals surface area contributed by atoms with Crippen molar-refractivity contribution in [3.63, 3.8) is 0 Å². The Morgan fingerprint density at radius 2 is 2.08 bits per heavy atom. The molecule has 7 heteroatoms. The summed E-state index contributed by atoms with van der Waals surface area (Å²) in [6.07, 6.45) is 2.59. The molecule has 1 N–H and O–H groups in total. The average molecular weight is 354 g/mol. The second-order valence-corrected chi connectivity index (χ2v) is 6.51. The normalized spacial score (nSPS) is 20.4. The SMILES string of the molecule is Cc1noc(C)c1CO[C@H]1CCOC[C@H]1Nc1cnc2ccccc2n1. The number of nitrogens with zero attached hydrogens (tertiary/aromatic N) is 3. The van der Waals surface area contributed by atoms with E-state index in [1.807, 2.05) is 38.1 Å². The number of benzene rings is 1. The lowest BCUT2D eigenvalue weighted by Crippen LogP contribution is -2.44. The van der Waals surface area contributed by atoms with Gasteiger partial charge < -0.3 is 19.3 Å². The van der Waals surface area contributed by atoms with Crippen molar-refractivity contribution < 1.29 is 14.0 Å². The van der Waals surface area contributed by atoms with E-state index in [1.165, 1.54) is 0 Å². The summed E-state index contributed by atoms with van der Waals surface area (Å²) in [5.41, 5.74) is 3.63. The Hall–Kier alpha value is -2.51. The van der Waals surface area contributed by atoms with Gasteiger partial charge in [-0.05, 0) is 32.4 Å². The smallest absolute Gasteiger partial charge is 0.145 e. The van der Waals surface area contributed by atoms with Crippen LogP contribution in [0.1, 0.15) is 23.4 Å². The molecule has 3 aromatic rings. The van der Waals surface area contributed by atoms with Crippen molar-refractivity contribution in [3.05, 3.63) is 47.5 Å². The van der Waals surface area contributed by atoms with Gasteiger partial charge in [-0.1, -0.05) is 17.3 Å². The lowest BCUT2D eigenvalue weighted by molar-refractivity contribution is -0.0482. The van der Waals surface area contributed by atoms with Crippen LogP contribution in [0.25, 0.3) is 11.0 Å². The van der Waals surface area contributed by atoms with Crippen molar-refractivity contribution in [2.45, 2.75) is 39.0 Å². The first kappa shape index (κ1) is 16.9. The summed E-state index contributed by atoms with van der Waals surface area (Å²) in [4.78, 5) is 9.09. The molecule has 3 heterocycles. The van der Waals surface area contributed by atoms with Crippen molar-refractivity contribution >= 4 is 16.9 Å². The highest BCUT2D eigenvalue weighted by Crippen LogP contribution is 2.21. The van der Waals surface area contributed by atoms with Gasteiger partial charge in [0.1, 0.15) is 11.6 Å². The average Bonchev–Trinajstić information content (AvgIpc) is 2.99. The first-order chi connectivity index (χ1) is 12.7. The number of rotatable bonds is 5. The maximum absolute atomic E-state index is 6.17. The van der Waals surface area contributed by atoms with Gasteiger partial charge >= 0.3 is 0 Å². The number of fused-ring (bicyclic) bond motifs is 1.